The molecule has 0 bridgehead atoms. The number of aryl methyl sites for hydroxylation is 1. The van der Waals surface area contributed by atoms with Crippen molar-refractivity contribution in [1.82, 2.24) is 9.88 Å². The van der Waals surface area contributed by atoms with E-state index in [0.29, 0.717) is 12.1 Å². The van der Waals surface area contributed by atoms with Crippen LogP contribution in [-0.2, 0) is 15.3 Å². The van der Waals surface area contributed by atoms with Crippen LogP contribution in [0.4, 0.5) is 0 Å². The fourth-order valence-electron chi connectivity index (χ4n) is 3.64. The quantitative estimate of drug-likeness (QED) is 0.430. The number of carbonyl (C=O) groups is 2. The number of nitrogens with zero attached hydrogens (tertiary/aromatic N) is 2. The number of amides is 1. The predicted molar refractivity (Wildman–Crippen MR) is 117 cm³/mol. The smallest absolute Gasteiger partial charge is 0.338 e. The Morgan fingerprint density at radius 2 is 1.93 bits per heavy atom. The van der Waals surface area contributed by atoms with Crippen molar-refractivity contribution >= 4 is 35.0 Å². The summed E-state index contributed by atoms with van der Waals surface area (Å²) in [7, 11) is 0. The molecule has 156 valence electrons. The zero-order valence-electron chi connectivity index (χ0n) is 17.1. The van der Waals surface area contributed by atoms with Gasteiger partial charge in [-0.1, -0.05) is 19.3 Å². The lowest BCUT2D eigenvalue weighted by atomic mass is 9.94. The molecule has 7 heteroatoms. The lowest BCUT2D eigenvalue weighted by Crippen LogP contribution is -2.43. The summed E-state index contributed by atoms with van der Waals surface area (Å²) in [6, 6.07) is 7.60. The summed E-state index contributed by atoms with van der Waals surface area (Å²) in [4.78, 5) is 32.2. The van der Waals surface area contributed by atoms with Crippen LogP contribution in [0.15, 0.2) is 34.5 Å². The molecule has 1 fully saturated rings. The van der Waals surface area contributed by atoms with Crippen molar-refractivity contribution in [2.45, 2.75) is 62.6 Å². The number of ether oxygens (including phenoxy) is 1. The highest BCUT2D eigenvalue weighted by Crippen LogP contribution is 2.24. The number of benzene rings is 1. The first-order valence-electron chi connectivity index (χ1n) is 10.2. The number of carbonyl (C=O) groups excluding carboxylic acids is 2. The predicted octanol–water partition coefficient (Wildman–Crippen LogP) is 5.08. The normalized spacial score (nSPS) is 14.6. The lowest BCUT2D eigenvalue weighted by molar-refractivity contribution is -0.137. The first kappa shape index (κ1) is 21.8. The summed E-state index contributed by atoms with van der Waals surface area (Å²) in [5, 5.41) is 3.14. The molecular weight excluding hydrogens is 404 g/mol. The molecule has 3 rings (SSSR count). The maximum Gasteiger partial charge on any atom is 0.338 e. The van der Waals surface area contributed by atoms with Crippen molar-refractivity contribution in [3.63, 3.8) is 0 Å². The van der Waals surface area contributed by atoms with Crippen LogP contribution in [-0.4, -0.2) is 41.0 Å². The second kappa shape index (κ2) is 10.8. The minimum atomic E-state index is -0.454. The Morgan fingerprint density at radius 3 is 2.55 bits per heavy atom. The van der Waals surface area contributed by atoms with Crippen LogP contribution in [0.3, 0.4) is 0 Å². The van der Waals surface area contributed by atoms with E-state index >= 15 is 0 Å². The monoisotopic (exact) mass is 432 g/mol. The summed E-state index contributed by atoms with van der Waals surface area (Å²) >= 11 is 3.33. The Morgan fingerprint density at radius 1 is 1.21 bits per heavy atom. The Hall–Kier alpha value is -1.86. The summed E-state index contributed by atoms with van der Waals surface area (Å²) < 4.78 is 5.29. The molecule has 1 aromatic heterocycles. The van der Waals surface area contributed by atoms with Gasteiger partial charge in [0.15, 0.2) is 6.61 Å². The summed E-state index contributed by atoms with van der Waals surface area (Å²) in [6.45, 7) is 4.45. The Kier molecular flexibility index (Phi) is 8.12. The number of rotatable bonds is 8. The van der Waals surface area contributed by atoms with Crippen molar-refractivity contribution in [2.24, 2.45) is 0 Å². The maximum atomic E-state index is 12.5. The number of hydrogen-bond acceptors (Lipinski definition) is 6. The van der Waals surface area contributed by atoms with Crippen LogP contribution in [0.1, 0.15) is 60.1 Å². The van der Waals surface area contributed by atoms with Crippen LogP contribution in [0.5, 0.6) is 0 Å². The van der Waals surface area contributed by atoms with Crippen LogP contribution in [0, 0.1) is 6.92 Å². The third-order valence-corrected chi connectivity index (χ3v) is 7.01. The van der Waals surface area contributed by atoms with Crippen LogP contribution in [0.25, 0.3) is 0 Å². The van der Waals surface area contributed by atoms with Gasteiger partial charge < -0.3 is 9.64 Å². The van der Waals surface area contributed by atoms with Crippen molar-refractivity contribution in [3.8, 4) is 0 Å². The Bertz CT molecular complexity index is 814. The van der Waals surface area contributed by atoms with Crippen molar-refractivity contribution in [2.75, 3.05) is 13.2 Å². The van der Waals surface area contributed by atoms with E-state index in [1.165, 1.54) is 19.3 Å². The van der Waals surface area contributed by atoms with E-state index in [4.69, 9.17) is 4.74 Å². The number of likely N-dealkylation sites (N-methyl/N-ethyl adjacent to an activating group) is 1. The first-order chi connectivity index (χ1) is 14.1. The van der Waals surface area contributed by atoms with Crippen molar-refractivity contribution in [1.29, 1.82) is 0 Å². The third kappa shape index (κ3) is 6.31. The molecule has 1 aliphatic carbocycles. The molecule has 0 spiro atoms. The number of esters is 1. The van der Waals surface area contributed by atoms with E-state index in [1.54, 1.807) is 35.2 Å². The molecule has 29 heavy (non-hydrogen) atoms. The summed E-state index contributed by atoms with van der Waals surface area (Å²) in [5.41, 5.74) is 1.53. The van der Waals surface area contributed by atoms with Gasteiger partial charge in [-0.05, 0) is 51.0 Å². The standard InChI is InChI=1S/C22H28N2O3S2/c1-3-24(19-7-5-4-6-8-19)21(25)13-27-22(26)17-9-11-20(12-10-17)29-15-18-14-28-16(2)23-18/h9-12,14,19H,3-8,13,15H2,1-2H3. The van der Waals surface area contributed by atoms with E-state index in [0.717, 1.165) is 34.2 Å². The minimum absolute atomic E-state index is 0.0986. The summed E-state index contributed by atoms with van der Waals surface area (Å²) in [5.74, 6) is 0.250. The van der Waals surface area contributed by atoms with Crippen LogP contribution >= 0.6 is 23.1 Å². The van der Waals surface area contributed by atoms with Gasteiger partial charge in [-0.15, -0.1) is 23.1 Å². The maximum absolute atomic E-state index is 12.5. The fraction of sp³-hybridized carbons (Fsp3) is 0.500. The summed E-state index contributed by atoms with van der Waals surface area (Å²) in [6.07, 6.45) is 5.68. The average Bonchev–Trinajstić information content (AvgIpc) is 3.17. The molecule has 5 nitrogen and oxygen atoms in total. The lowest BCUT2D eigenvalue weighted by Gasteiger charge is -2.33. The molecule has 0 N–H and O–H groups in total. The number of thiazole rings is 1. The van der Waals surface area contributed by atoms with Gasteiger partial charge >= 0.3 is 5.97 Å². The molecule has 1 amide bonds. The molecule has 1 aromatic carbocycles. The minimum Gasteiger partial charge on any atom is -0.452 e. The number of aromatic nitrogens is 1. The van der Waals surface area contributed by atoms with E-state index < -0.39 is 5.97 Å². The molecule has 0 radical (unpaired) electrons. The molecule has 1 saturated carbocycles. The fourth-order valence-corrected chi connectivity index (χ4v) is 5.15. The SMILES string of the molecule is CCN(C(=O)COC(=O)c1ccc(SCc2csc(C)n2)cc1)C1CCCCC1. The van der Waals surface area contributed by atoms with Gasteiger partial charge in [-0.25, -0.2) is 9.78 Å². The topological polar surface area (TPSA) is 59.5 Å². The Balaban J connectivity index is 1.47. The molecule has 2 aromatic rings. The average molecular weight is 433 g/mol. The second-order valence-electron chi connectivity index (χ2n) is 7.22. The third-order valence-electron chi connectivity index (χ3n) is 5.15. The molecular formula is C22H28N2O3S2. The zero-order chi connectivity index (χ0) is 20.6. The largest absolute Gasteiger partial charge is 0.452 e. The van der Waals surface area contributed by atoms with Crippen LogP contribution < -0.4 is 0 Å². The molecule has 0 unspecified atom stereocenters. The van der Waals surface area contributed by atoms with Gasteiger partial charge in [-0.3, -0.25) is 4.79 Å². The van der Waals surface area contributed by atoms with Gasteiger partial charge in [-0.2, -0.15) is 0 Å². The van der Waals surface area contributed by atoms with Gasteiger partial charge in [0, 0.05) is 28.6 Å². The van der Waals surface area contributed by atoms with E-state index in [9.17, 15) is 9.59 Å². The molecule has 0 atom stereocenters. The van der Waals surface area contributed by atoms with Crippen molar-refractivity contribution in [3.05, 3.63) is 45.9 Å². The second-order valence-corrected chi connectivity index (χ2v) is 9.33. The number of hydrogen-bond donors (Lipinski definition) is 0. The van der Waals surface area contributed by atoms with Gasteiger partial charge in [0.25, 0.3) is 5.91 Å². The molecule has 0 aliphatic heterocycles. The Labute approximate surface area is 180 Å². The van der Waals surface area contributed by atoms with Gasteiger partial charge in [0.05, 0.1) is 16.3 Å². The molecule has 0 saturated heterocycles. The van der Waals surface area contributed by atoms with Gasteiger partial charge in [0.2, 0.25) is 0 Å². The van der Waals surface area contributed by atoms with Crippen molar-refractivity contribution < 1.29 is 14.3 Å². The highest BCUT2D eigenvalue weighted by Gasteiger charge is 2.24. The van der Waals surface area contributed by atoms with E-state index in [-0.39, 0.29) is 18.6 Å². The zero-order valence-corrected chi connectivity index (χ0v) is 18.7. The van der Waals surface area contributed by atoms with Crippen LogP contribution in [0.2, 0.25) is 0 Å². The number of thioether (sulfide) groups is 1. The molecule has 1 aliphatic rings. The van der Waals surface area contributed by atoms with Gasteiger partial charge in [0.1, 0.15) is 0 Å². The first-order valence-corrected chi connectivity index (χ1v) is 12.0. The van der Waals surface area contributed by atoms with E-state index in [1.807, 2.05) is 30.9 Å². The van der Waals surface area contributed by atoms with E-state index in [2.05, 4.69) is 10.4 Å². The highest BCUT2D eigenvalue weighted by atomic mass is 32.2. The highest BCUT2D eigenvalue weighted by molar-refractivity contribution is 7.98. The molecule has 1 heterocycles.